The van der Waals surface area contributed by atoms with Crippen LogP contribution in [-0.4, -0.2) is 42.9 Å². The topological polar surface area (TPSA) is 105 Å². The number of methoxy groups -OCH3 is 2. The quantitative estimate of drug-likeness (QED) is 0.494. The molecule has 0 saturated carbocycles. The molecule has 152 valence electrons. The maximum absolute atomic E-state index is 9.10. The van der Waals surface area contributed by atoms with E-state index in [1.807, 2.05) is 12.1 Å². The highest BCUT2D eigenvalue weighted by molar-refractivity contribution is 6.27. The molecule has 0 bridgehead atoms. The normalized spacial score (nSPS) is 9.86. The summed E-state index contributed by atoms with van der Waals surface area (Å²) < 4.78 is 10.7. The van der Waals surface area contributed by atoms with Gasteiger partial charge in [-0.3, -0.25) is 0 Å². The number of carbonyl (C=O) groups is 2. The number of aliphatic carboxylic acids is 2. The van der Waals surface area contributed by atoms with Crippen LogP contribution in [0.4, 0.5) is 0 Å². The van der Waals surface area contributed by atoms with E-state index in [2.05, 4.69) is 43.4 Å². The Morgan fingerprint density at radius 3 is 2.07 bits per heavy atom. The number of hydrogen-bond acceptors (Lipinski definition) is 5. The van der Waals surface area contributed by atoms with Crippen LogP contribution >= 0.6 is 0 Å². The molecule has 0 radical (unpaired) electrons. The Hall–Kier alpha value is -3.06. The van der Waals surface area contributed by atoms with Gasteiger partial charge in [0.05, 0.1) is 14.2 Å². The van der Waals surface area contributed by atoms with Crippen LogP contribution in [0.5, 0.6) is 11.5 Å². The zero-order valence-electron chi connectivity index (χ0n) is 16.6. The first kappa shape index (κ1) is 23.0. The van der Waals surface area contributed by atoms with Crippen LogP contribution < -0.4 is 14.8 Å². The van der Waals surface area contributed by atoms with Crippen molar-refractivity contribution in [3.63, 3.8) is 0 Å². The highest BCUT2D eigenvalue weighted by Crippen LogP contribution is 2.22. The lowest BCUT2D eigenvalue weighted by Gasteiger charge is -2.13. The van der Waals surface area contributed by atoms with E-state index in [9.17, 15) is 0 Å². The van der Waals surface area contributed by atoms with Crippen LogP contribution in [0.2, 0.25) is 0 Å². The molecular weight excluding hydrogens is 362 g/mol. The first-order chi connectivity index (χ1) is 13.3. The van der Waals surface area contributed by atoms with Gasteiger partial charge in [0.25, 0.3) is 0 Å². The number of ether oxygens (including phenoxy) is 2. The molecule has 7 heteroatoms. The van der Waals surface area contributed by atoms with Crippen LogP contribution in [0.25, 0.3) is 0 Å². The number of benzene rings is 2. The lowest BCUT2D eigenvalue weighted by molar-refractivity contribution is -0.159. The molecule has 2 aromatic rings. The molecule has 0 fully saturated rings. The summed E-state index contributed by atoms with van der Waals surface area (Å²) in [7, 11) is 3.43. The standard InChI is InChI=1S/C19H25NO2.C2H2O4/c1-14-12-19(22-4)15(2)11-17(14)13-20-10-9-16-7-5-6-8-18(16)21-3;3-1(4)2(5)6/h5-8,11-12,20H,9-10,13H2,1-4H3;(H,3,4)(H,5,6). The Labute approximate surface area is 164 Å². The van der Waals surface area contributed by atoms with E-state index < -0.39 is 11.9 Å². The number of aryl methyl sites for hydroxylation is 2. The molecule has 2 rings (SSSR count). The maximum Gasteiger partial charge on any atom is 0.414 e. The van der Waals surface area contributed by atoms with Gasteiger partial charge in [-0.05, 0) is 61.2 Å². The summed E-state index contributed by atoms with van der Waals surface area (Å²) in [5, 5.41) is 18.3. The summed E-state index contributed by atoms with van der Waals surface area (Å²) in [6, 6.07) is 12.5. The van der Waals surface area contributed by atoms with Gasteiger partial charge < -0.3 is 25.0 Å². The second kappa shape index (κ2) is 11.6. The van der Waals surface area contributed by atoms with Crippen molar-refractivity contribution in [3.05, 3.63) is 58.7 Å². The maximum atomic E-state index is 9.10. The van der Waals surface area contributed by atoms with Crippen molar-refractivity contribution >= 4 is 11.9 Å². The fourth-order valence-electron chi connectivity index (χ4n) is 2.62. The van der Waals surface area contributed by atoms with Crippen molar-refractivity contribution in [2.75, 3.05) is 20.8 Å². The van der Waals surface area contributed by atoms with Crippen molar-refractivity contribution in [2.45, 2.75) is 26.8 Å². The smallest absolute Gasteiger partial charge is 0.414 e. The molecule has 0 amide bonds. The Morgan fingerprint density at radius 2 is 1.50 bits per heavy atom. The van der Waals surface area contributed by atoms with Gasteiger partial charge in [0, 0.05) is 6.54 Å². The zero-order valence-corrected chi connectivity index (χ0v) is 16.6. The lowest BCUT2D eigenvalue weighted by atomic mass is 10.0. The minimum atomic E-state index is -1.82. The number of rotatable bonds is 7. The van der Waals surface area contributed by atoms with Crippen molar-refractivity contribution in [3.8, 4) is 11.5 Å². The first-order valence-corrected chi connectivity index (χ1v) is 8.73. The second-order valence-electron chi connectivity index (χ2n) is 6.10. The average molecular weight is 389 g/mol. The molecule has 7 nitrogen and oxygen atoms in total. The first-order valence-electron chi connectivity index (χ1n) is 8.73. The summed E-state index contributed by atoms with van der Waals surface area (Å²) in [6.07, 6.45) is 0.957. The van der Waals surface area contributed by atoms with Gasteiger partial charge in [0.2, 0.25) is 0 Å². The molecule has 0 aliphatic rings. The average Bonchev–Trinajstić information content (AvgIpc) is 2.68. The molecule has 0 aliphatic carbocycles. The van der Waals surface area contributed by atoms with E-state index >= 15 is 0 Å². The van der Waals surface area contributed by atoms with Gasteiger partial charge in [-0.15, -0.1) is 0 Å². The predicted molar refractivity (Wildman–Crippen MR) is 106 cm³/mol. The minimum absolute atomic E-state index is 0.867. The molecule has 28 heavy (non-hydrogen) atoms. The zero-order chi connectivity index (χ0) is 21.1. The lowest BCUT2D eigenvalue weighted by Crippen LogP contribution is -2.17. The van der Waals surface area contributed by atoms with Gasteiger partial charge in [-0.25, -0.2) is 9.59 Å². The summed E-state index contributed by atoms with van der Waals surface area (Å²) in [5.41, 5.74) is 4.99. The largest absolute Gasteiger partial charge is 0.496 e. The predicted octanol–water partition coefficient (Wildman–Crippen LogP) is 2.81. The molecule has 0 aromatic heterocycles. The highest BCUT2D eigenvalue weighted by Gasteiger charge is 2.06. The molecule has 0 unspecified atom stereocenters. The Bertz CT molecular complexity index is 791. The van der Waals surface area contributed by atoms with E-state index in [1.165, 1.54) is 22.3 Å². The van der Waals surface area contributed by atoms with Gasteiger partial charge in [-0.1, -0.05) is 24.3 Å². The summed E-state index contributed by atoms with van der Waals surface area (Å²) in [6.45, 7) is 5.99. The number of nitrogens with one attached hydrogen (secondary N) is 1. The third-order valence-electron chi connectivity index (χ3n) is 4.12. The second-order valence-corrected chi connectivity index (χ2v) is 6.10. The van der Waals surface area contributed by atoms with Gasteiger partial charge in [0.15, 0.2) is 0 Å². The van der Waals surface area contributed by atoms with Crippen LogP contribution in [0.15, 0.2) is 36.4 Å². The van der Waals surface area contributed by atoms with Crippen molar-refractivity contribution < 1.29 is 29.3 Å². The molecule has 2 aromatic carbocycles. The van der Waals surface area contributed by atoms with E-state index in [1.54, 1.807) is 14.2 Å². The molecule has 3 N–H and O–H groups in total. The number of carboxylic acids is 2. The highest BCUT2D eigenvalue weighted by atomic mass is 16.5. The van der Waals surface area contributed by atoms with E-state index in [-0.39, 0.29) is 0 Å². The SMILES string of the molecule is COc1cc(C)c(CNCCc2ccccc2OC)cc1C.O=C(O)C(=O)O. The van der Waals surface area contributed by atoms with E-state index in [4.69, 9.17) is 29.3 Å². The van der Waals surface area contributed by atoms with Crippen LogP contribution in [0.1, 0.15) is 22.3 Å². The fourth-order valence-corrected chi connectivity index (χ4v) is 2.62. The van der Waals surface area contributed by atoms with Crippen LogP contribution in [-0.2, 0) is 22.6 Å². The van der Waals surface area contributed by atoms with Crippen molar-refractivity contribution in [1.82, 2.24) is 5.32 Å². The molecule has 0 atom stereocenters. The van der Waals surface area contributed by atoms with Gasteiger partial charge in [0.1, 0.15) is 11.5 Å². The van der Waals surface area contributed by atoms with E-state index in [0.29, 0.717) is 0 Å². The third kappa shape index (κ3) is 7.28. The van der Waals surface area contributed by atoms with Crippen molar-refractivity contribution in [2.24, 2.45) is 0 Å². The van der Waals surface area contributed by atoms with E-state index in [0.717, 1.165) is 31.0 Å². The van der Waals surface area contributed by atoms with Gasteiger partial charge >= 0.3 is 11.9 Å². The Balaban J connectivity index is 0.000000568. The van der Waals surface area contributed by atoms with Gasteiger partial charge in [-0.2, -0.15) is 0 Å². The number of para-hydroxylation sites is 1. The van der Waals surface area contributed by atoms with Crippen LogP contribution in [0.3, 0.4) is 0 Å². The molecule has 0 aliphatic heterocycles. The fraction of sp³-hybridized carbons (Fsp3) is 0.333. The monoisotopic (exact) mass is 389 g/mol. The Morgan fingerprint density at radius 1 is 0.893 bits per heavy atom. The summed E-state index contributed by atoms with van der Waals surface area (Å²) in [5.74, 6) is -1.74. The Kier molecular flexibility index (Phi) is 9.53. The molecular formula is C21H27NO6. The summed E-state index contributed by atoms with van der Waals surface area (Å²) >= 11 is 0. The van der Waals surface area contributed by atoms with Crippen LogP contribution in [0, 0.1) is 13.8 Å². The van der Waals surface area contributed by atoms with Crippen molar-refractivity contribution in [1.29, 1.82) is 0 Å². The third-order valence-corrected chi connectivity index (χ3v) is 4.12. The summed E-state index contributed by atoms with van der Waals surface area (Å²) in [4.78, 5) is 18.2. The molecule has 0 spiro atoms. The minimum Gasteiger partial charge on any atom is -0.496 e. The number of carboxylic acid groups (broad SMARTS) is 2. The molecule has 0 heterocycles. The molecule has 0 saturated heterocycles. The number of hydrogen-bond donors (Lipinski definition) is 3.